The summed E-state index contributed by atoms with van der Waals surface area (Å²) in [5.74, 6) is 2.99. The first-order chi connectivity index (χ1) is 7.02. The molecule has 2 saturated carbocycles. The number of hydrogen-bond donors (Lipinski definition) is 2. The van der Waals surface area contributed by atoms with Gasteiger partial charge in [0.25, 0.3) is 0 Å². The molecule has 2 aliphatic rings. The van der Waals surface area contributed by atoms with Crippen molar-refractivity contribution in [2.75, 3.05) is 0 Å². The molecule has 2 rings (SSSR count). The Bertz CT molecular complexity index is 241. The molecule has 0 aliphatic heterocycles. The van der Waals surface area contributed by atoms with E-state index in [4.69, 9.17) is 11.5 Å². The molecule has 88 valence electrons. The zero-order valence-corrected chi connectivity index (χ0v) is 10.4. The third-order valence-corrected chi connectivity index (χ3v) is 5.05. The van der Waals surface area contributed by atoms with Crippen LogP contribution in [0, 0.1) is 23.7 Å². The van der Waals surface area contributed by atoms with E-state index in [0.717, 1.165) is 18.3 Å². The minimum atomic E-state index is -0.0369. The monoisotopic (exact) mass is 210 g/mol. The van der Waals surface area contributed by atoms with E-state index in [1.165, 1.54) is 19.3 Å². The fourth-order valence-corrected chi connectivity index (χ4v) is 4.37. The Morgan fingerprint density at radius 2 is 1.93 bits per heavy atom. The SMILES string of the molecule is CCCCC1(N)C(N)C2C(C)CC(C)C21. The fraction of sp³-hybridized carbons (Fsp3) is 1.00. The first kappa shape index (κ1) is 11.4. The lowest BCUT2D eigenvalue weighted by atomic mass is 9.52. The molecule has 6 atom stereocenters. The zero-order valence-electron chi connectivity index (χ0n) is 10.4. The number of unbranched alkanes of at least 4 members (excludes halogenated alkanes) is 1. The van der Waals surface area contributed by atoms with Crippen LogP contribution in [-0.2, 0) is 0 Å². The van der Waals surface area contributed by atoms with Crippen LogP contribution in [-0.4, -0.2) is 11.6 Å². The van der Waals surface area contributed by atoms with Crippen LogP contribution >= 0.6 is 0 Å². The third kappa shape index (κ3) is 1.45. The quantitative estimate of drug-likeness (QED) is 0.749. The third-order valence-electron chi connectivity index (χ3n) is 5.05. The highest BCUT2D eigenvalue weighted by atomic mass is 15.0. The maximum Gasteiger partial charge on any atom is 0.0345 e. The van der Waals surface area contributed by atoms with Crippen molar-refractivity contribution in [1.29, 1.82) is 0 Å². The summed E-state index contributed by atoms with van der Waals surface area (Å²) in [7, 11) is 0. The summed E-state index contributed by atoms with van der Waals surface area (Å²) in [6.07, 6.45) is 4.92. The second-order valence-corrected chi connectivity index (χ2v) is 6.04. The largest absolute Gasteiger partial charge is 0.326 e. The van der Waals surface area contributed by atoms with Gasteiger partial charge in [0, 0.05) is 11.6 Å². The van der Waals surface area contributed by atoms with E-state index in [1.54, 1.807) is 0 Å². The molecule has 0 heterocycles. The average Bonchev–Trinajstić information content (AvgIpc) is 2.47. The fourth-order valence-electron chi connectivity index (χ4n) is 4.37. The van der Waals surface area contributed by atoms with Gasteiger partial charge in [0.15, 0.2) is 0 Å². The molecule has 0 spiro atoms. The van der Waals surface area contributed by atoms with Crippen molar-refractivity contribution >= 4 is 0 Å². The van der Waals surface area contributed by atoms with Crippen LogP contribution in [0.2, 0.25) is 0 Å². The molecule has 2 heteroatoms. The van der Waals surface area contributed by atoms with E-state index in [2.05, 4.69) is 20.8 Å². The number of hydrogen-bond acceptors (Lipinski definition) is 2. The second kappa shape index (κ2) is 3.74. The Hall–Kier alpha value is -0.0800. The smallest absolute Gasteiger partial charge is 0.0345 e. The van der Waals surface area contributed by atoms with Gasteiger partial charge in [-0.3, -0.25) is 0 Å². The van der Waals surface area contributed by atoms with Crippen molar-refractivity contribution in [2.24, 2.45) is 35.1 Å². The molecule has 0 radical (unpaired) electrons. The Labute approximate surface area is 93.8 Å². The summed E-state index contributed by atoms with van der Waals surface area (Å²) < 4.78 is 0. The van der Waals surface area contributed by atoms with Gasteiger partial charge in [0.1, 0.15) is 0 Å². The summed E-state index contributed by atoms with van der Waals surface area (Å²) in [6.45, 7) is 6.94. The summed E-state index contributed by atoms with van der Waals surface area (Å²) in [4.78, 5) is 0. The number of nitrogens with two attached hydrogens (primary N) is 2. The van der Waals surface area contributed by atoms with Crippen molar-refractivity contribution < 1.29 is 0 Å². The second-order valence-electron chi connectivity index (χ2n) is 6.04. The van der Waals surface area contributed by atoms with Crippen LogP contribution in [0.25, 0.3) is 0 Å². The van der Waals surface area contributed by atoms with Crippen LogP contribution in [0.5, 0.6) is 0 Å². The van der Waals surface area contributed by atoms with Gasteiger partial charge in [-0.05, 0) is 36.5 Å². The van der Waals surface area contributed by atoms with E-state index >= 15 is 0 Å². The molecule has 2 nitrogen and oxygen atoms in total. The Balaban J connectivity index is 2.09. The first-order valence-electron chi connectivity index (χ1n) is 6.56. The van der Waals surface area contributed by atoms with Crippen LogP contribution in [0.1, 0.15) is 46.5 Å². The molecule has 0 amide bonds. The lowest BCUT2D eigenvalue weighted by Crippen LogP contribution is -2.75. The van der Waals surface area contributed by atoms with E-state index < -0.39 is 0 Å². The molecule has 0 aromatic heterocycles. The van der Waals surface area contributed by atoms with Gasteiger partial charge in [0.2, 0.25) is 0 Å². The number of rotatable bonds is 3. The summed E-state index contributed by atoms with van der Waals surface area (Å²) >= 11 is 0. The predicted molar refractivity (Wildman–Crippen MR) is 64.3 cm³/mol. The highest BCUT2D eigenvalue weighted by Crippen LogP contribution is 2.58. The van der Waals surface area contributed by atoms with Crippen LogP contribution in [0.4, 0.5) is 0 Å². The molecular formula is C13H26N2. The number of fused-ring (bicyclic) bond motifs is 1. The van der Waals surface area contributed by atoms with Crippen LogP contribution in [0.3, 0.4) is 0 Å². The van der Waals surface area contributed by atoms with Gasteiger partial charge < -0.3 is 11.5 Å². The van der Waals surface area contributed by atoms with Crippen LogP contribution < -0.4 is 11.5 Å². The molecule has 2 fully saturated rings. The van der Waals surface area contributed by atoms with Crippen molar-refractivity contribution in [3.05, 3.63) is 0 Å². The maximum atomic E-state index is 6.55. The van der Waals surface area contributed by atoms with Gasteiger partial charge in [0.05, 0.1) is 0 Å². The maximum absolute atomic E-state index is 6.55. The van der Waals surface area contributed by atoms with E-state index in [-0.39, 0.29) is 11.6 Å². The zero-order chi connectivity index (χ0) is 11.2. The van der Waals surface area contributed by atoms with E-state index in [9.17, 15) is 0 Å². The minimum Gasteiger partial charge on any atom is -0.326 e. The first-order valence-corrected chi connectivity index (χ1v) is 6.56. The van der Waals surface area contributed by atoms with Gasteiger partial charge in [-0.15, -0.1) is 0 Å². The lowest BCUT2D eigenvalue weighted by Gasteiger charge is -2.58. The Morgan fingerprint density at radius 3 is 2.53 bits per heavy atom. The molecule has 0 aromatic rings. The highest BCUT2D eigenvalue weighted by molar-refractivity contribution is 5.20. The van der Waals surface area contributed by atoms with E-state index in [1.807, 2.05) is 0 Å². The molecule has 6 unspecified atom stereocenters. The van der Waals surface area contributed by atoms with Crippen molar-refractivity contribution in [3.8, 4) is 0 Å². The Kier molecular flexibility index (Phi) is 2.85. The van der Waals surface area contributed by atoms with Crippen molar-refractivity contribution in [1.82, 2.24) is 0 Å². The predicted octanol–water partition coefficient (Wildman–Crippen LogP) is 2.12. The normalized spacial score (nSPS) is 53.8. The molecule has 15 heavy (non-hydrogen) atoms. The molecule has 0 bridgehead atoms. The summed E-state index contributed by atoms with van der Waals surface area (Å²) in [6, 6.07) is 0.258. The summed E-state index contributed by atoms with van der Waals surface area (Å²) in [5, 5.41) is 0. The lowest BCUT2D eigenvalue weighted by molar-refractivity contribution is -0.0147. The molecule has 2 aliphatic carbocycles. The van der Waals surface area contributed by atoms with E-state index in [0.29, 0.717) is 11.8 Å². The van der Waals surface area contributed by atoms with Gasteiger partial charge in [-0.25, -0.2) is 0 Å². The standard InChI is InChI=1S/C13H26N2/c1-4-5-6-13(15)11-9(3)7-8(2)10(11)12(13)14/h8-12H,4-7,14-15H2,1-3H3. The van der Waals surface area contributed by atoms with Gasteiger partial charge in [-0.2, -0.15) is 0 Å². The molecule has 0 saturated heterocycles. The average molecular weight is 210 g/mol. The van der Waals surface area contributed by atoms with Crippen LogP contribution in [0.15, 0.2) is 0 Å². The molecular weight excluding hydrogens is 184 g/mol. The topological polar surface area (TPSA) is 52.0 Å². The molecule has 4 N–H and O–H groups in total. The molecule has 0 aromatic carbocycles. The Morgan fingerprint density at radius 1 is 1.27 bits per heavy atom. The van der Waals surface area contributed by atoms with Crippen molar-refractivity contribution in [3.63, 3.8) is 0 Å². The van der Waals surface area contributed by atoms with Gasteiger partial charge >= 0.3 is 0 Å². The van der Waals surface area contributed by atoms with Crippen molar-refractivity contribution in [2.45, 2.75) is 58.0 Å². The minimum absolute atomic E-state index is 0.0369. The highest BCUT2D eigenvalue weighted by Gasteiger charge is 2.63. The van der Waals surface area contributed by atoms with Gasteiger partial charge in [-0.1, -0.05) is 33.6 Å². The summed E-state index contributed by atoms with van der Waals surface area (Å²) in [5.41, 5.74) is 12.8.